The molecule has 0 radical (unpaired) electrons. The van der Waals surface area contributed by atoms with Crippen LogP contribution in [0.2, 0.25) is 10.0 Å². The maximum absolute atomic E-state index is 16.6. The lowest BCUT2D eigenvalue weighted by Crippen LogP contribution is -2.45. The molecule has 5 rings (SSSR count). The molecule has 10 nitrogen and oxygen atoms in total. The van der Waals surface area contributed by atoms with Gasteiger partial charge in [-0.15, -0.1) is 0 Å². The van der Waals surface area contributed by atoms with E-state index in [2.05, 4.69) is 10.3 Å². The number of esters is 2. The van der Waals surface area contributed by atoms with Gasteiger partial charge in [-0.2, -0.15) is 4.98 Å². The molecule has 226 valence electrons. The summed E-state index contributed by atoms with van der Waals surface area (Å²) in [5.74, 6) is -2.22. The lowest BCUT2D eigenvalue weighted by atomic mass is 9.98. The lowest BCUT2D eigenvalue weighted by Gasteiger charge is -2.27. The van der Waals surface area contributed by atoms with Gasteiger partial charge in [-0.1, -0.05) is 41.4 Å². The van der Waals surface area contributed by atoms with E-state index in [-0.39, 0.29) is 16.9 Å². The average Bonchev–Trinajstić information content (AvgIpc) is 3.25. The summed E-state index contributed by atoms with van der Waals surface area (Å²) in [7, 11) is 0. The number of halogens is 3. The molecule has 0 aliphatic carbocycles. The average molecular weight is 640 g/mol. The number of nitrogens with one attached hydrogen (secondary N) is 1. The second-order valence-corrected chi connectivity index (χ2v) is 10.8. The maximum atomic E-state index is 16.6. The lowest BCUT2D eigenvalue weighted by molar-refractivity contribution is -0.0648. The largest absolute Gasteiger partial charge is 0.459 e. The van der Waals surface area contributed by atoms with Crippen LogP contribution in [0.4, 0.5) is 10.2 Å². The Kier molecular flexibility index (Phi) is 9.09. The van der Waals surface area contributed by atoms with Crippen LogP contribution in [-0.2, 0) is 14.2 Å². The van der Waals surface area contributed by atoms with E-state index in [0.29, 0.717) is 15.6 Å². The third-order valence-corrected chi connectivity index (χ3v) is 7.32. The third-order valence-electron chi connectivity index (χ3n) is 6.81. The molecule has 4 aromatic rings. The molecule has 3 aromatic carbocycles. The first-order valence-corrected chi connectivity index (χ1v) is 14.0. The molecule has 0 unspecified atom stereocenters. The number of hydrogen-bond donors (Lipinski definition) is 1. The van der Waals surface area contributed by atoms with Gasteiger partial charge in [0, 0.05) is 21.8 Å². The Hall–Kier alpha value is -4.58. The van der Waals surface area contributed by atoms with Crippen LogP contribution >= 0.6 is 23.2 Å². The second-order valence-electron chi connectivity index (χ2n) is 9.94. The van der Waals surface area contributed by atoms with Crippen molar-refractivity contribution < 1.29 is 33.0 Å². The van der Waals surface area contributed by atoms with Gasteiger partial charge in [-0.05, 0) is 73.7 Å². The molecule has 44 heavy (non-hydrogen) atoms. The first kappa shape index (κ1) is 30.9. The topological polar surface area (TPSA) is 126 Å². The SMILES string of the molecule is C[C@@]1(F)[C@H](OC(=O)c2ccc(Cl)cc2)[C@@H](COC(=O)c2ccc(Cl)cc2)O[C@H]1n1ccc(NC(=O)c2ccccc2)nc1=O. The van der Waals surface area contributed by atoms with Crippen molar-refractivity contribution in [2.24, 2.45) is 0 Å². The van der Waals surface area contributed by atoms with Gasteiger partial charge >= 0.3 is 17.6 Å². The van der Waals surface area contributed by atoms with Crippen molar-refractivity contribution in [1.82, 2.24) is 9.55 Å². The maximum Gasteiger partial charge on any atom is 0.351 e. The highest BCUT2D eigenvalue weighted by molar-refractivity contribution is 6.31. The van der Waals surface area contributed by atoms with Gasteiger partial charge in [0.25, 0.3) is 5.91 Å². The number of nitrogens with zero attached hydrogens (tertiary/aromatic N) is 2. The molecule has 0 bridgehead atoms. The number of hydrogen-bond acceptors (Lipinski definition) is 8. The summed E-state index contributed by atoms with van der Waals surface area (Å²) in [6, 6.07) is 21.2. The van der Waals surface area contributed by atoms with Gasteiger partial charge < -0.3 is 19.5 Å². The van der Waals surface area contributed by atoms with E-state index in [1.54, 1.807) is 30.3 Å². The van der Waals surface area contributed by atoms with E-state index in [9.17, 15) is 19.2 Å². The number of anilines is 1. The number of carbonyl (C=O) groups is 3. The highest BCUT2D eigenvalue weighted by Gasteiger charge is 2.58. The van der Waals surface area contributed by atoms with Crippen LogP contribution in [0.25, 0.3) is 0 Å². The minimum Gasteiger partial charge on any atom is -0.459 e. The van der Waals surface area contributed by atoms with E-state index >= 15 is 4.39 Å². The van der Waals surface area contributed by atoms with E-state index in [0.717, 1.165) is 11.5 Å². The van der Waals surface area contributed by atoms with Gasteiger partial charge in [-0.25, -0.2) is 18.8 Å². The molecule has 4 atom stereocenters. The Morgan fingerprint density at radius 1 is 0.909 bits per heavy atom. The number of rotatable bonds is 8. The first-order chi connectivity index (χ1) is 21.0. The number of aromatic nitrogens is 2. The third kappa shape index (κ3) is 6.80. The van der Waals surface area contributed by atoms with E-state index in [4.69, 9.17) is 37.4 Å². The Bertz CT molecular complexity index is 1730. The summed E-state index contributed by atoms with van der Waals surface area (Å²) in [6.45, 7) is 0.569. The zero-order valence-corrected chi connectivity index (χ0v) is 24.5. The Labute approximate surface area is 260 Å². The van der Waals surface area contributed by atoms with Crippen molar-refractivity contribution >= 4 is 46.9 Å². The van der Waals surface area contributed by atoms with Crippen LogP contribution in [0.3, 0.4) is 0 Å². The molecule has 0 saturated carbocycles. The fraction of sp³-hybridized carbons (Fsp3) is 0.194. The number of ether oxygens (including phenoxy) is 3. The quantitative estimate of drug-likeness (QED) is 0.250. The zero-order valence-electron chi connectivity index (χ0n) is 23.0. The molecule has 2 heterocycles. The molecule has 1 N–H and O–H groups in total. The molecule has 13 heteroatoms. The summed E-state index contributed by atoms with van der Waals surface area (Å²) < 4.78 is 34.2. The summed E-state index contributed by atoms with van der Waals surface area (Å²) in [4.78, 5) is 55.0. The molecule has 1 fully saturated rings. The Morgan fingerprint density at radius 3 is 2.09 bits per heavy atom. The number of carbonyl (C=O) groups excluding carboxylic acids is 3. The summed E-state index contributed by atoms with van der Waals surface area (Å²) in [5.41, 5.74) is -2.86. The number of benzene rings is 3. The normalized spacial score (nSPS) is 21.0. The molecule has 1 saturated heterocycles. The Balaban J connectivity index is 1.39. The molecular weight excluding hydrogens is 616 g/mol. The van der Waals surface area contributed by atoms with Crippen LogP contribution < -0.4 is 11.0 Å². The van der Waals surface area contributed by atoms with Crippen LogP contribution in [-0.4, -0.2) is 51.9 Å². The summed E-state index contributed by atoms with van der Waals surface area (Å²) in [5, 5.41) is 3.30. The predicted molar refractivity (Wildman–Crippen MR) is 159 cm³/mol. The van der Waals surface area contributed by atoms with Crippen molar-refractivity contribution in [3.63, 3.8) is 0 Å². The molecular formula is C31H24Cl2FN3O7. The summed E-state index contributed by atoms with van der Waals surface area (Å²) >= 11 is 11.8. The number of amides is 1. The second kappa shape index (κ2) is 13.0. The van der Waals surface area contributed by atoms with Crippen molar-refractivity contribution in [2.75, 3.05) is 11.9 Å². The number of alkyl halides is 1. The van der Waals surface area contributed by atoms with Crippen molar-refractivity contribution in [3.05, 3.63) is 128 Å². The van der Waals surface area contributed by atoms with Crippen molar-refractivity contribution in [1.29, 1.82) is 0 Å². The smallest absolute Gasteiger partial charge is 0.351 e. The van der Waals surface area contributed by atoms with Crippen LogP contribution in [0.15, 0.2) is 95.9 Å². The van der Waals surface area contributed by atoms with E-state index in [1.807, 2.05) is 0 Å². The monoisotopic (exact) mass is 639 g/mol. The van der Waals surface area contributed by atoms with Gasteiger partial charge in [0.2, 0.25) is 0 Å². The fourth-order valence-electron chi connectivity index (χ4n) is 4.56. The van der Waals surface area contributed by atoms with Crippen LogP contribution in [0.5, 0.6) is 0 Å². The molecule has 1 aromatic heterocycles. The fourth-order valence-corrected chi connectivity index (χ4v) is 4.82. The molecule has 1 aliphatic heterocycles. The predicted octanol–water partition coefficient (Wildman–Crippen LogP) is 5.51. The van der Waals surface area contributed by atoms with E-state index < -0.39 is 54.2 Å². The van der Waals surface area contributed by atoms with Crippen LogP contribution in [0.1, 0.15) is 44.2 Å². The van der Waals surface area contributed by atoms with Crippen molar-refractivity contribution in [3.8, 4) is 0 Å². The summed E-state index contributed by atoms with van der Waals surface area (Å²) in [6.07, 6.45) is -3.41. The minimum atomic E-state index is -2.51. The zero-order chi connectivity index (χ0) is 31.4. The van der Waals surface area contributed by atoms with Gasteiger partial charge in [0.05, 0.1) is 11.1 Å². The van der Waals surface area contributed by atoms with Gasteiger partial charge in [-0.3, -0.25) is 9.36 Å². The van der Waals surface area contributed by atoms with E-state index in [1.165, 1.54) is 60.8 Å². The molecule has 0 spiro atoms. The van der Waals surface area contributed by atoms with Gasteiger partial charge in [0.1, 0.15) is 18.5 Å². The van der Waals surface area contributed by atoms with Crippen LogP contribution in [0, 0.1) is 0 Å². The standard InChI is InChI=1S/C31H24Cl2FN3O7/c1-31(34)25(44-28(40)20-9-13-22(33)14-10-20)23(17-42-27(39)19-7-11-21(32)12-8-19)43-29(31)37-16-15-24(36-30(37)41)35-26(38)18-5-3-2-4-6-18/h2-16,23,25,29H,17H2,1H3,(H,35,36,38,41)/t23-,25-,29-,31-/m1/s1. The highest BCUT2D eigenvalue weighted by atomic mass is 35.5. The minimum absolute atomic E-state index is 0.0715. The van der Waals surface area contributed by atoms with Crippen molar-refractivity contribution in [2.45, 2.75) is 31.0 Å². The Morgan fingerprint density at radius 2 is 1.50 bits per heavy atom. The van der Waals surface area contributed by atoms with Gasteiger partial charge in [0.15, 0.2) is 18.0 Å². The molecule has 1 aliphatic rings. The highest BCUT2D eigenvalue weighted by Crippen LogP contribution is 2.43. The first-order valence-electron chi connectivity index (χ1n) is 13.2. The molecule has 1 amide bonds.